The maximum atomic E-state index is 12.1. The van der Waals surface area contributed by atoms with Crippen molar-refractivity contribution < 1.29 is 18.3 Å². The van der Waals surface area contributed by atoms with Crippen molar-refractivity contribution in [2.24, 2.45) is 0 Å². The zero-order valence-electron chi connectivity index (χ0n) is 12.6. The van der Waals surface area contributed by atoms with Crippen LogP contribution in [0.5, 0.6) is 5.75 Å². The lowest BCUT2D eigenvalue weighted by molar-refractivity contribution is 0.0857. The van der Waals surface area contributed by atoms with Gasteiger partial charge in [-0.2, -0.15) is 0 Å². The van der Waals surface area contributed by atoms with Crippen LogP contribution in [0.4, 0.5) is 0 Å². The van der Waals surface area contributed by atoms with Gasteiger partial charge in [0.05, 0.1) is 16.6 Å². The van der Waals surface area contributed by atoms with Crippen LogP contribution in [0.1, 0.15) is 33.3 Å². The van der Waals surface area contributed by atoms with Crippen molar-refractivity contribution in [1.29, 1.82) is 0 Å². The molecule has 1 aromatic carbocycles. The fraction of sp³-hybridized carbons (Fsp3) is 0.571. The molecule has 1 aromatic rings. The maximum absolute atomic E-state index is 12.1. The molecule has 0 saturated heterocycles. The van der Waals surface area contributed by atoms with Crippen LogP contribution >= 0.6 is 0 Å². The number of ether oxygens (including phenoxy) is 1. The summed E-state index contributed by atoms with van der Waals surface area (Å²) >= 11 is 0. The van der Waals surface area contributed by atoms with E-state index in [4.69, 9.17) is 4.74 Å². The molecule has 0 aromatic heterocycles. The number of aryl methyl sites for hydroxylation is 1. The summed E-state index contributed by atoms with van der Waals surface area (Å²) in [6.07, 6.45) is 0.0319. The highest BCUT2D eigenvalue weighted by Gasteiger charge is 2.20. The molecule has 0 radical (unpaired) electrons. The fourth-order valence-corrected chi connectivity index (χ4v) is 2.82. The first-order valence-electron chi connectivity index (χ1n) is 6.50. The zero-order valence-corrected chi connectivity index (χ0v) is 13.4. The molecule has 5 nitrogen and oxygen atoms in total. The van der Waals surface area contributed by atoms with Gasteiger partial charge in [-0.3, -0.25) is 0 Å². The first-order chi connectivity index (χ1) is 9.01. The first kappa shape index (κ1) is 16.9. The van der Waals surface area contributed by atoms with E-state index in [0.717, 1.165) is 5.56 Å². The van der Waals surface area contributed by atoms with Crippen LogP contribution in [0.2, 0.25) is 0 Å². The first-order valence-corrected chi connectivity index (χ1v) is 7.99. The van der Waals surface area contributed by atoms with Gasteiger partial charge in [-0.1, -0.05) is 0 Å². The number of sulfonamides is 1. The topological polar surface area (TPSA) is 75.6 Å². The molecule has 0 unspecified atom stereocenters. The van der Waals surface area contributed by atoms with Crippen LogP contribution in [0.25, 0.3) is 0 Å². The van der Waals surface area contributed by atoms with E-state index in [-0.39, 0.29) is 17.5 Å². The van der Waals surface area contributed by atoms with E-state index in [1.165, 1.54) is 6.07 Å². The molecule has 0 aliphatic carbocycles. The van der Waals surface area contributed by atoms with Crippen LogP contribution in [0.3, 0.4) is 0 Å². The summed E-state index contributed by atoms with van der Waals surface area (Å²) in [5, 5.41) is 9.58. The molecule has 0 aliphatic heterocycles. The van der Waals surface area contributed by atoms with Crippen molar-refractivity contribution in [3.63, 3.8) is 0 Å². The van der Waals surface area contributed by atoms with Gasteiger partial charge in [-0.25, -0.2) is 13.1 Å². The summed E-state index contributed by atoms with van der Waals surface area (Å²) in [6.45, 7) is 8.66. The molecule has 0 aliphatic rings. The third-order valence-electron chi connectivity index (χ3n) is 2.51. The largest absolute Gasteiger partial charge is 0.491 e. The lowest BCUT2D eigenvalue weighted by Crippen LogP contribution is -2.38. The van der Waals surface area contributed by atoms with E-state index >= 15 is 0 Å². The van der Waals surface area contributed by atoms with Crippen molar-refractivity contribution in [3.05, 3.63) is 23.8 Å². The van der Waals surface area contributed by atoms with E-state index in [1.807, 2.05) is 13.8 Å². The summed E-state index contributed by atoms with van der Waals surface area (Å²) < 4.78 is 32.2. The van der Waals surface area contributed by atoms with Crippen LogP contribution in [-0.4, -0.2) is 31.8 Å². The Hall–Kier alpha value is -1.11. The number of hydrogen-bond donors (Lipinski definition) is 2. The van der Waals surface area contributed by atoms with E-state index in [2.05, 4.69) is 4.72 Å². The van der Waals surface area contributed by atoms with Crippen molar-refractivity contribution in [3.8, 4) is 5.75 Å². The van der Waals surface area contributed by atoms with Gasteiger partial charge in [0.15, 0.2) is 0 Å². The Morgan fingerprint density at radius 2 is 1.95 bits per heavy atom. The Morgan fingerprint density at radius 1 is 1.35 bits per heavy atom. The van der Waals surface area contributed by atoms with Gasteiger partial charge in [0.25, 0.3) is 0 Å². The lowest BCUT2D eigenvalue weighted by Gasteiger charge is -2.18. The summed E-state index contributed by atoms with van der Waals surface area (Å²) in [7, 11) is -3.63. The molecule has 0 spiro atoms. The van der Waals surface area contributed by atoms with Crippen molar-refractivity contribution in [2.45, 2.75) is 51.2 Å². The molecule has 20 heavy (non-hydrogen) atoms. The molecule has 0 bridgehead atoms. The highest BCUT2D eigenvalue weighted by atomic mass is 32.2. The van der Waals surface area contributed by atoms with Crippen LogP contribution in [0, 0.1) is 6.92 Å². The smallest absolute Gasteiger partial charge is 0.240 e. The molecule has 0 saturated carbocycles. The number of aliphatic hydroxyl groups is 1. The summed E-state index contributed by atoms with van der Waals surface area (Å²) in [5.41, 5.74) is -0.340. The molecule has 0 heterocycles. The Labute approximate surface area is 121 Å². The molecule has 0 fully saturated rings. The summed E-state index contributed by atoms with van der Waals surface area (Å²) in [6, 6.07) is 4.70. The van der Waals surface area contributed by atoms with Gasteiger partial charge in [0.2, 0.25) is 10.0 Å². The average molecular weight is 301 g/mol. The van der Waals surface area contributed by atoms with E-state index in [1.54, 1.807) is 32.9 Å². The van der Waals surface area contributed by atoms with Crippen molar-refractivity contribution in [1.82, 2.24) is 4.72 Å². The molecule has 6 heteroatoms. The van der Waals surface area contributed by atoms with E-state index in [9.17, 15) is 13.5 Å². The zero-order chi connectivity index (χ0) is 15.6. The van der Waals surface area contributed by atoms with Gasteiger partial charge in [0, 0.05) is 6.54 Å². The third kappa shape index (κ3) is 5.11. The Kier molecular flexibility index (Phi) is 5.18. The van der Waals surface area contributed by atoms with Crippen LogP contribution < -0.4 is 9.46 Å². The maximum Gasteiger partial charge on any atom is 0.240 e. The normalized spacial score (nSPS) is 12.8. The van der Waals surface area contributed by atoms with E-state index in [0.29, 0.717) is 5.75 Å². The van der Waals surface area contributed by atoms with Gasteiger partial charge in [-0.15, -0.1) is 0 Å². The lowest BCUT2D eigenvalue weighted by atomic mass is 10.1. The van der Waals surface area contributed by atoms with Gasteiger partial charge < -0.3 is 9.84 Å². The monoisotopic (exact) mass is 301 g/mol. The Balaban J connectivity index is 2.94. The molecular formula is C14H23NO4S. The highest BCUT2D eigenvalue weighted by molar-refractivity contribution is 7.89. The van der Waals surface area contributed by atoms with E-state index < -0.39 is 15.6 Å². The van der Waals surface area contributed by atoms with Crippen LogP contribution in [0.15, 0.2) is 23.1 Å². The second-order valence-electron chi connectivity index (χ2n) is 5.73. The minimum atomic E-state index is -3.63. The predicted octanol–water partition coefficient (Wildman–Crippen LogP) is 1.83. The highest BCUT2D eigenvalue weighted by Crippen LogP contribution is 2.22. The second-order valence-corrected chi connectivity index (χ2v) is 7.50. The van der Waals surface area contributed by atoms with Gasteiger partial charge in [0.1, 0.15) is 5.75 Å². The average Bonchev–Trinajstić information content (AvgIpc) is 2.28. The number of nitrogens with one attached hydrogen (secondary N) is 1. The number of rotatable bonds is 6. The van der Waals surface area contributed by atoms with Crippen molar-refractivity contribution >= 4 is 10.0 Å². The number of benzene rings is 1. The molecule has 114 valence electrons. The quantitative estimate of drug-likeness (QED) is 0.840. The SMILES string of the molecule is Cc1cc(S(=O)(=O)NCC(C)(C)O)ccc1OC(C)C. The molecule has 0 amide bonds. The second kappa shape index (κ2) is 6.11. The molecular weight excluding hydrogens is 278 g/mol. The van der Waals surface area contributed by atoms with Gasteiger partial charge in [-0.05, 0) is 58.4 Å². The molecule has 0 atom stereocenters. The minimum Gasteiger partial charge on any atom is -0.491 e. The van der Waals surface area contributed by atoms with Crippen LogP contribution in [-0.2, 0) is 10.0 Å². The Bertz CT molecular complexity index is 559. The van der Waals surface area contributed by atoms with Gasteiger partial charge >= 0.3 is 0 Å². The number of hydrogen-bond acceptors (Lipinski definition) is 4. The van der Waals surface area contributed by atoms with Crippen molar-refractivity contribution in [2.75, 3.05) is 6.54 Å². The standard InChI is InChI=1S/C14H23NO4S/c1-10(2)19-13-7-6-12(8-11(13)3)20(17,18)15-9-14(4,5)16/h6-8,10,15-16H,9H2,1-5H3. The summed E-state index contributed by atoms with van der Waals surface area (Å²) in [5.74, 6) is 0.668. The predicted molar refractivity (Wildman–Crippen MR) is 78.4 cm³/mol. The Morgan fingerprint density at radius 3 is 2.40 bits per heavy atom. The molecule has 2 N–H and O–H groups in total. The minimum absolute atomic E-state index is 0.0319. The molecule has 1 rings (SSSR count). The fourth-order valence-electron chi connectivity index (χ4n) is 1.53. The third-order valence-corrected chi connectivity index (χ3v) is 3.91. The summed E-state index contributed by atoms with van der Waals surface area (Å²) in [4.78, 5) is 0.162.